The Morgan fingerprint density at radius 1 is 1.25 bits per heavy atom. The fraction of sp³-hybridized carbons (Fsp3) is 0.417. The Morgan fingerprint density at radius 3 is 2.31 bits per heavy atom. The molecule has 0 unspecified atom stereocenters. The van der Waals surface area contributed by atoms with Crippen LogP contribution in [0.3, 0.4) is 0 Å². The van der Waals surface area contributed by atoms with Gasteiger partial charge < -0.3 is 15.2 Å². The smallest absolute Gasteiger partial charge is 0.168 e. The predicted molar refractivity (Wildman–Crippen MR) is 61.0 cm³/mol. The number of nitrogens with two attached hydrogens (primary N) is 1. The van der Waals surface area contributed by atoms with Gasteiger partial charge in [0.1, 0.15) is 0 Å². The molecule has 1 saturated carbocycles. The summed E-state index contributed by atoms with van der Waals surface area (Å²) in [6.45, 7) is 0. The van der Waals surface area contributed by atoms with Crippen LogP contribution in [-0.2, 0) is 0 Å². The third kappa shape index (κ3) is 1.83. The van der Waals surface area contributed by atoms with Crippen molar-refractivity contribution < 1.29 is 14.3 Å². The van der Waals surface area contributed by atoms with E-state index in [9.17, 15) is 4.79 Å². The zero-order valence-electron chi connectivity index (χ0n) is 9.45. The maximum atomic E-state index is 11.9. The Balaban J connectivity index is 2.41. The van der Waals surface area contributed by atoms with Gasteiger partial charge in [0.25, 0.3) is 0 Å². The fourth-order valence-corrected chi connectivity index (χ4v) is 1.67. The summed E-state index contributed by atoms with van der Waals surface area (Å²) < 4.78 is 10.3. The summed E-state index contributed by atoms with van der Waals surface area (Å²) in [5.74, 6) is 1.35. The first-order valence-electron chi connectivity index (χ1n) is 5.23. The van der Waals surface area contributed by atoms with Crippen molar-refractivity contribution in [1.82, 2.24) is 0 Å². The monoisotopic (exact) mass is 221 g/mol. The van der Waals surface area contributed by atoms with Gasteiger partial charge in [0.15, 0.2) is 17.3 Å². The molecule has 0 heterocycles. The lowest BCUT2D eigenvalue weighted by Crippen LogP contribution is -2.06. The summed E-state index contributed by atoms with van der Waals surface area (Å²) in [6, 6.07) is 3.29. The van der Waals surface area contributed by atoms with Gasteiger partial charge in [0.05, 0.1) is 14.2 Å². The SMILES string of the molecule is COc1cc(N)c(C(=O)C2CC2)cc1OC. The van der Waals surface area contributed by atoms with Crippen molar-refractivity contribution in [3.8, 4) is 11.5 Å². The number of nitrogen functional groups attached to an aromatic ring is 1. The number of Topliss-reactive ketones (excluding diaryl/α,β-unsaturated/α-hetero) is 1. The van der Waals surface area contributed by atoms with Crippen LogP contribution in [0.2, 0.25) is 0 Å². The Kier molecular flexibility index (Phi) is 2.73. The van der Waals surface area contributed by atoms with E-state index in [-0.39, 0.29) is 11.7 Å². The summed E-state index contributed by atoms with van der Waals surface area (Å²) in [6.07, 6.45) is 1.93. The van der Waals surface area contributed by atoms with E-state index in [0.717, 1.165) is 12.8 Å². The van der Waals surface area contributed by atoms with Gasteiger partial charge in [-0.25, -0.2) is 0 Å². The molecule has 1 aromatic rings. The van der Waals surface area contributed by atoms with Crippen LogP contribution in [-0.4, -0.2) is 20.0 Å². The number of anilines is 1. The summed E-state index contributed by atoms with van der Waals surface area (Å²) in [7, 11) is 3.08. The molecule has 0 aliphatic heterocycles. The molecule has 1 aromatic carbocycles. The highest BCUT2D eigenvalue weighted by atomic mass is 16.5. The second kappa shape index (κ2) is 4.04. The van der Waals surface area contributed by atoms with Gasteiger partial charge in [-0.2, -0.15) is 0 Å². The average molecular weight is 221 g/mol. The van der Waals surface area contributed by atoms with E-state index in [2.05, 4.69) is 0 Å². The maximum absolute atomic E-state index is 11.9. The standard InChI is InChI=1S/C12H15NO3/c1-15-10-5-8(12(14)7-3-4-7)9(13)6-11(10)16-2/h5-7H,3-4,13H2,1-2H3. The normalized spacial score (nSPS) is 14.6. The number of methoxy groups -OCH3 is 2. The van der Waals surface area contributed by atoms with Crippen molar-refractivity contribution in [2.24, 2.45) is 5.92 Å². The number of rotatable bonds is 4. The van der Waals surface area contributed by atoms with Crippen molar-refractivity contribution in [1.29, 1.82) is 0 Å². The van der Waals surface area contributed by atoms with E-state index in [1.54, 1.807) is 26.4 Å². The molecule has 2 N–H and O–H groups in total. The first-order chi connectivity index (χ1) is 7.67. The zero-order valence-corrected chi connectivity index (χ0v) is 9.45. The van der Waals surface area contributed by atoms with Crippen LogP contribution < -0.4 is 15.2 Å². The van der Waals surface area contributed by atoms with Gasteiger partial charge in [-0.05, 0) is 18.9 Å². The third-order valence-electron chi connectivity index (χ3n) is 2.77. The molecule has 0 saturated heterocycles. The second-order valence-electron chi connectivity index (χ2n) is 3.93. The van der Waals surface area contributed by atoms with Crippen molar-refractivity contribution >= 4 is 11.5 Å². The molecule has 86 valence electrons. The Morgan fingerprint density at radius 2 is 1.81 bits per heavy atom. The van der Waals surface area contributed by atoms with Gasteiger partial charge in [0, 0.05) is 23.2 Å². The maximum Gasteiger partial charge on any atom is 0.168 e. The van der Waals surface area contributed by atoms with E-state index in [0.29, 0.717) is 22.7 Å². The molecule has 1 fully saturated rings. The highest BCUT2D eigenvalue weighted by Crippen LogP contribution is 2.38. The van der Waals surface area contributed by atoms with E-state index in [4.69, 9.17) is 15.2 Å². The Labute approximate surface area is 94.3 Å². The highest BCUT2D eigenvalue weighted by Gasteiger charge is 2.32. The number of ether oxygens (including phenoxy) is 2. The van der Waals surface area contributed by atoms with Crippen LogP contribution >= 0.6 is 0 Å². The topological polar surface area (TPSA) is 61.5 Å². The molecule has 16 heavy (non-hydrogen) atoms. The highest BCUT2D eigenvalue weighted by molar-refractivity contribution is 6.04. The van der Waals surface area contributed by atoms with E-state index >= 15 is 0 Å². The molecule has 4 nitrogen and oxygen atoms in total. The van der Waals surface area contributed by atoms with Crippen molar-refractivity contribution in [3.05, 3.63) is 17.7 Å². The summed E-state index contributed by atoms with van der Waals surface area (Å²) in [5, 5.41) is 0. The average Bonchev–Trinajstić information content (AvgIpc) is 3.11. The molecule has 0 radical (unpaired) electrons. The van der Waals surface area contributed by atoms with Gasteiger partial charge >= 0.3 is 0 Å². The van der Waals surface area contributed by atoms with Crippen LogP contribution in [0, 0.1) is 5.92 Å². The summed E-state index contributed by atoms with van der Waals surface area (Å²) >= 11 is 0. The minimum atomic E-state index is 0.110. The Bertz CT molecular complexity index is 425. The molecular weight excluding hydrogens is 206 g/mol. The summed E-state index contributed by atoms with van der Waals surface area (Å²) in [4.78, 5) is 11.9. The minimum absolute atomic E-state index is 0.110. The first-order valence-corrected chi connectivity index (χ1v) is 5.23. The van der Waals surface area contributed by atoms with Crippen molar-refractivity contribution in [2.75, 3.05) is 20.0 Å². The van der Waals surface area contributed by atoms with Crippen LogP contribution in [0.5, 0.6) is 11.5 Å². The van der Waals surface area contributed by atoms with Crippen LogP contribution in [0.15, 0.2) is 12.1 Å². The molecule has 1 aliphatic rings. The van der Waals surface area contributed by atoms with Crippen molar-refractivity contribution in [3.63, 3.8) is 0 Å². The minimum Gasteiger partial charge on any atom is -0.493 e. The van der Waals surface area contributed by atoms with E-state index in [1.165, 1.54) is 0 Å². The number of hydrogen-bond donors (Lipinski definition) is 1. The van der Waals surface area contributed by atoms with Gasteiger partial charge in [-0.1, -0.05) is 0 Å². The molecule has 0 atom stereocenters. The number of hydrogen-bond acceptors (Lipinski definition) is 4. The lowest BCUT2D eigenvalue weighted by atomic mass is 10.0. The third-order valence-corrected chi connectivity index (χ3v) is 2.77. The number of benzene rings is 1. The number of carbonyl (C=O) groups excluding carboxylic acids is 1. The molecule has 2 rings (SSSR count). The fourth-order valence-electron chi connectivity index (χ4n) is 1.67. The lowest BCUT2D eigenvalue weighted by molar-refractivity contribution is 0.0968. The van der Waals surface area contributed by atoms with Gasteiger partial charge in [-0.3, -0.25) is 4.79 Å². The Hall–Kier alpha value is -1.71. The van der Waals surface area contributed by atoms with Crippen LogP contribution in [0.4, 0.5) is 5.69 Å². The van der Waals surface area contributed by atoms with Crippen molar-refractivity contribution in [2.45, 2.75) is 12.8 Å². The largest absolute Gasteiger partial charge is 0.493 e. The molecule has 0 aromatic heterocycles. The molecule has 1 aliphatic carbocycles. The molecule has 0 spiro atoms. The van der Waals surface area contributed by atoms with Crippen LogP contribution in [0.1, 0.15) is 23.2 Å². The summed E-state index contributed by atoms with van der Waals surface area (Å²) in [5.41, 5.74) is 6.83. The van der Waals surface area contributed by atoms with Crippen LogP contribution in [0.25, 0.3) is 0 Å². The van der Waals surface area contributed by atoms with E-state index in [1.807, 2.05) is 0 Å². The quantitative estimate of drug-likeness (QED) is 0.623. The molecule has 0 amide bonds. The molecule has 0 bridgehead atoms. The van der Waals surface area contributed by atoms with Gasteiger partial charge in [-0.15, -0.1) is 0 Å². The lowest BCUT2D eigenvalue weighted by Gasteiger charge is -2.11. The molecule has 4 heteroatoms. The van der Waals surface area contributed by atoms with E-state index < -0.39 is 0 Å². The van der Waals surface area contributed by atoms with Gasteiger partial charge in [0.2, 0.25) is 0 Å². The number of carbonyl (C=O) groups is 1. The second-order valence-corrected chi connectivity index (χ2v) is 3.93. The first kappa shape index (κ1) is 10.8. The number of ketones is 1. The predicted octanol–water partition coefficient (Wildman–Crippen LogP) is 1.88. The molecular formula is C12H15NO3. The zero-order chi connectivity index (χ0) is 11.7.